The zero-order chi connectivity index (χ0) is 36.3. The lowest BCUT2D eigenvalue weighted by Crippen LogP contribution is -2.10. The van der Waals surface area contributed by atoms with Crippen LogP contribution in [0.25, 0.3) is 82.7 Å². The van der Waals surface area contributed by atoms with Gasteiger partial charge in [0.2, 0.25) is 5.89 Å². The van der Waals surface area contributed by atoms with Crippen molar-refractivity contribution in [3.63, 3.8) is 0 Å². The van der Waals surface area contributed by atoms with Gasteiger partial charge in [-0.25, -0.2) is 4.98 Å². The zero-order valence-corrected chi connectivity index (χ0v) is 29.8. The molecule has 0 aliphatic carbocycles. The molecule has 0 aliphatic heterocycles. The number of anilines is 3. The van der Waals surface area contributed by atoms with E-state index in [1.54, 1.807) is 0 Å². The first-order valence-corrected chi connectivity index (χ1v) is 18.6. The normalized spacial score (nSPS) is 11.6. The molecule has 9 aromatic carbocycles. The summed E-state index contributed by atoms with van der Waals surface area (Å²) in [6, 6.07) is 71.1. The Kier molecular flexibility index (Phi) is 7.14. The molecule has 0 saturated carbocycles. The Morgan fingerprint density at radius 1 is 0.418 bits per heavy atom. The van der Waals surface area contributed by atoms with Crippen LogP contribution in [0.5, 0.6) is 0 Å². The van der Waals surface area contributed by atoms with Crippen LogP contribution < -0.4 is 4.90 Å². The molecule has 4 heteroatoms. The average molecular weight is 704 g/mol. The van der Waals surface area contributed by atoms with E-state index in [-0.39, 0.29) is 0 Å². The van der Waals surface area contributed by atoms with Gasteiger partial charge in [-0.3, -0.25) is 0 Å². The van der Waals surface area contributed by atoms with Crippen LogP contribution in [-0.2, 0) is 0 Å². The zero-order valence-electron chi connectivity index (χ0n) is 29.8. The molecule has 0 fully saturated rings. The average Bonchev–Trinajstić information content (AvgIpc) is 3.84. The Hall–Kier alpha value is -7.43. The topological polar surface area (TPSA) is 34.2 Å². The maximum absolute atomic E-state index is 6.54. The molecule has 11 rings (SSSR count). The molecule has 0 saturated heterocycles. The van der Waals surface area contributed by atoms with E-state index >= 15 is 0 Å². The van der Waals surface area contributed by atoms with Gasteiger partial charge in [0, 0.05) is 44.5 Å². The predicted molar refractivity (Wildman–Crippen MR) is 229 cm³/mol. The van der Waals surface area contributed by atoms with Gasteiger partial charge in [-0.2, -0.15) is 0 Å². The molecule has 0 N–H and O–H groups in total. The van der Waals surface area contributed by atoms with Gasteiger partial charge < -0.3 is 13.9 Å². The van der Waals surface area contributed by atoms with Gasteiger partial charge in [-0.1, -0.05) is 127 Å². The fourth-order valence-corrected chi connectivity index (χ4v) is 8.20. The van der Waals surface area contributed by atoms with Crippen molar-refractivity contribution in [3.8, 4) is 28.3 Å². The minimum Gasteiger partial charge on any atom is -0.435 e. The van der Waals surface area contributed by atoms with Crippen LogP contribution in [0, 0.1) is 0 Å². The second-order valence-electron chi connectivity index (χ2n) is 14.0. The second kappa shape index (κ2) is 12.6. The van der Waals surface area contributed by atoms with Crippen molar-refractivity contribution in [2.75, 3.05) is 4.90 Å². The van der Waals surface area contributed by atoms with E-state index in [9.17, 15) is 0 Å². The van der Waals surface area contributed by atoms with E-state index in [1.807, 2.05) is 36.4 Å². The van der Waals surface area contributed by atoms with Crippen LogP contribution in [0.1, 0.15) is 0 Å². The fraction of sp³-hybridized carbons (Fsp3) is 0. The summed E-state index contributed by atoms with van der Waals surface area (Å²) in [6.07, 6.45) is 0. The third-order valence-electron chi connectivity index (χ3n) is 10.8. The summed E-state index contributed by atoms with van der Waals surface area (Å²) in [5, 5.41) is 7.03. The molecule has 4 nitrogen and oxygen atoms in total. The van der Waals surface area contributed by atoms with Crippen LogP contribution in [-0.4, -0.2) is 9.55 Å². The third-order valence-corrected chi connectivity index (χ3v) is 10.8. The van der Waals surface area contributed by atoms with Crippen LogP contribution in [0.3, 0.4) is 0 Å². The fourth-order valence-electron chi connectivity index (χ4n) is 8.20. The van der Waals surface area contributed by atoms with Gasteiger partial charge in [0.05, 0.1) is 11.0 Å². The minimum atomic E-state index is 0.619. The number of nitrogens with zero attached hydrogens (tertiary/aromatic N) is 3. The monoisotopic (exact) mass is 703 g/mol. The molecule has 0 amide bonds. The first-order chi connectivity index (χ1) is 27.3. The lowest BCUT2D eigenvalue weighted by atomic mass is 9.98. The quantitative estimate of drug-likeness (QED) is 0.173. The predicted octanol–water partition coefficient (Wildman–Crippen LogP) is 14.0. The molecular weight excluding hydrogens is 671 g/mol. The number of benzene rings is 9. The number of rotatable bonds is 6. The summed E-state index contributed by atoms with van der Waals surface area (Å²) < 4.78 is 8.91. The van der Waals surface area contributed by atoms with Gasteiger partial charge in [0.1, 0.15) is 5.52 Å². The van der Waals surface area contributed by atoms with Crippen molar-refractivity contribution < 1.29 is 4.42 Å². The number of hydrogen-bond donors (Lipinski definition) is 0. The van der Waals surface area contributed by atoms with E-state index in [2.05, 4.69) is 173 Å². The van der Waals surface area contributed by atoms with E-state index < -0.39 is 0 Å². The van der Waals surface area contributed by atoms with Gasteiger partial charge >= 0.3 is 0 Å². The number of oxazole rings is 1. The smallest absolute Gasteiger partial charge is 0.227 e. The molecule has 0 radical (unpaired) electrons. The van der Waals surface area contributed by atoms with Gasteiger partial charge in [-0.15, -0.1) is 0 Å². The highest BCUT2D eigenvalue weighted by molar-refractivity contribution is 6.11. The first-order valence-electron chi connectivity index (χ1n) is 18.6. The van der Waals surface area contributed by atoms with Gasteiger partial charge in [-0.05, 0) is 100 Å². The summed E-state index contributed by atoms with van der Waals surface area (Å²) in [5.41, 5.74) is 11.6. The Labute approximate surface area is 317 Å². The molecule has 2 heterocycles. The molecule has 0 aliphatic rings. The van der Waals surface area contributed by atoms with Crippen LogP contribution >= 0.6 is 0 Å². The maximum Gasteiger partial charge on any atom is 0.227 e. The van der Waals surface area contributed by atoms with Crippen molar-refractivity contribution in [3.05, 3.63) is 200 Å². The summed E-state index contributed by atoms with van der Waals surface area (Å²) in [7, 11) is 0. The molecular formula is C51H33N3O. The summed E-state index contributed by atoms with van der Waals surface area (Å²) in [6.45, 7) is 0. The van der Waals surface area contributed by atoms with Crippen molar-refractivity contribution in [1.29, 1.82) is 0 Å². The Morgan fingerprint density at radius 3 is 1.91 bits per heavy atom. The van der Waals surface area contributed by atoms with Crippen molar-refractivity contribution in [2.45, 2.75) is 0 Å². The summed E-state index contributed by atoms with van der Waals surface area (Å²) in [4.78, 5) is 7.25. The van der Waals surface area contributed by atoms with Crippen LogP contribution in [0.15, 0.2) is 205 Å². The third kappa shape index (κ3) is 5.19. The minimum absolute atomic E-state index is 0.619. The highest BCUT2D eigenvalue weighted by Crippen LogP contribution is 2.42. The lowest BCUT2D eigenvalue weighted by Gasteiger charge is -2.26. The maximum atomic E-state index is 6.54. The molecule has 0 unspecified atom stereocenters. The van der Waals surface area contributed by atoms with E-state index in [1.165, 1.54) is 38.2 Å². The number of hydrogen-bond acceptors (Lipinski definition) is 3. The van der Waals surface area contributed by atoms with Crippen molar-refractivity contribution in [1.82, 2.24) is 9.55 Å². The van der Waals surface area contributed by atoms with Crippen molar-refractivity contribution >= 4 is 71.5 Å². The van der Waals surface area contributed by atoms with Gasteiger partial charge in [0.15, 0.2) is 5.58 Å². The number of fused-ring (bicyclic) bond motifs is 7. The van der Waals surface area contributed by atoms with E-state index in [4.69, 9.17) is 9.40 Å². The largest absolute Gasteiger partial charge is 0.435 e. The van der Waals surface area contributed by atoms with E-state index in [0.29, 0.717) is 5.89 Å². The summed E-state index contributed by atoms with van der Waals surface area (Å²) in [5.74, 6) is 0.619. The molecule has 55 heavy (non-hydrogen) atoms. The molecule has 0 spiro atoms. The number of aromatic nitrogens is 2. The second-order valence-corrected chi connectivity index (χ2v) is 14.0. The Bertz CT molecular complexity index is 3190. The molecule has 0 bridgehead atoms. The molecule has 258 valence electrons. The highest BCUT2D eigenvalue weighted by Gasteiger charge is 2.19. The van der Waals surface area contributed by atoms with Crippen LogP contribution in [0.4, 0.5) is 17.1 Å². The number of para-hydroxylation sites is 2. The lowest BCUT2D eigenvalue weighted by molar-refractivity contribution is 0.623. The van der Waals surface area contributed by atoms with Gasteiger partial charge in [0.25, 0.3) is 0 Å². The van der Waals surface area contributed by atoms with Crippen LogP contribution in [0.2, 0.25) is 0 Å². The molecule has 11 aromatic rings. The highest BCUT2D eigenvalue weighted by atomic mass is 16.3. The Morgan fingerprint density at radius 2 is 1.05 bits per heavy atom. The SMILES string of the molecule is c1ccc(-c2nc3ccc4ccc(N(c5ccc(-c6cccc7ccccc67)cc5)c5ccc6c7ccccc7n(-c7ccccc7)c6c5)cc4c3o2)cc1. The standard InChI is InChI=1S/C51H33N3O/c1-3-13-37(14-4-1)51-52-47-31-25-36-24-28-40(32-46(36)50(47)55-51)53(39-26-22-35(23-27-39)43-20-11-15-34-12-7-8-18-42(34)43)41-29-30-45-44-19-9-10-21-48(44)54(49(45)33-41)38-16-5-2-6-17-38/h1-33H. The van der Waals surface area contributed by atoms with E-state index in [0.717, 1.165) is 55.7 Å². The first kappa shape index (κ1) is 31.1. The molecule has 2 aromatic heterocycles. The molecule has 0 atom stereocenters. The van der Waals surface area contributed by atoms with Crippen molar-refractivity contribution in [2.24, 2.45) is 0 Å². The Balaban J connectivity index is 1.12. The summed E-state index contributed by atoms with van der Waals surface area (Å²) >= 11 is 0.